The zero-order valence-electron chi connectivity index (χ0n) is 15.9. The summed E-state index contributed by atoms with van der Waals surface area (Å²) in [4.78, 5) is 22.9. The Labute approximate surface area is 163 Å². The average Bonchev–Trinajstić information content (AvgIpc) is 2.67. The number of aryl methyl sites for hydroxylation is 1. The highest BCUT2D eigenvalue weighted by Gasteiger charge is 2.46. The van der Waals surface area contributed by atoms with E-state index in [1.54, 1.807) is 31.2 Å². The molecule has 1 aromatic rings. The fraction of sp³-hybridized carbons (Fsp3) is 0.579. The van der Waals surface area contributed by atoms with Crippen molar-refractivity contribution in [2.45, 2.75) is 57.3 Å². The van der Waals surface area contributed by atoms with Crippen molar-refractivity contribution in [3.05, 3.63) is 29.8 Å². The third kappa shape index (κ3) is 5.90. The first-order valence-electron chi connectivity index (χ1n) is 9.16. The van der Waals surface area contributed by atoms with Crippen molar-refractivity contribution < 1.29 is 39.1 Å². The van der Waals surface area contributed by atoms with Crippen LogP contribution >= 0.6 is 0 Å². The quantitative estimate of drug-likeness (QED) is 0.432. The summed E-state index contributed by atoms with van der Waals surface area (Å²) in [6.45, 7) is 2.85. The van der Waals surface area contributed by atoms with Crippen LogP contribution in [0.3, 0.4) is 0 Å². The third-order valence-electron chi connectivity index (χ3n) is 4.35. The zero-order valence-corrected chi connectivity index (χ0v) is 15.9. The van der Waals surface area contributed by atoms with Gasteiger partial charge in [0, 0.05) is 13.3 Å². The van der Waals surface area contributed by atoms with Gasteiger partial charge >= 0.3 is 5.97 Å². The monoisotopic (exact) mass is 397 g/mol. The van der Waals surface area contributed by atoms with Crippen LogP contribution in [0.1, 0.15) is 25.8 Å². The van der Waals surface area contributed by atoms with Crippen LogP contribution in [0.15, 0.2) is 24.3 Å². The van der Waals surface area contributed by atoms with E-state index >= 15 is 0 Å². The number of rotatable bonds is 8. The Bertz CT molecular complexity index is 650. The van der Waals surface area contributed by atoms with Gasteiger partial charge in [-0.2, -0.15) is 0 Å². The Morgan fingerprint density at radius 1 is 1.18 bits per heavy atom. The van der Waals surface area contributed by atoms with Crippen LogP contribution in [0.25, 0.3) is 0 Å². The number of hydrogen-bond acceptors (Lipinski definition) is 8. The van der Waals surface area contributed by atoms with Gasteiger partial charge in [-0.25, -0.2) is 0 Å². The molecular weight excluding hydrogens is 370 g/mol. The summed E-state index contributed by atoms with van der Waals surface area (Å²) in [6, 6.07) is 5.87. The molecule has 1 aliphatic rings. The normalized spacial score (nSPS) is 27.1. The lowest BCUT2D eigenvalue weighted by Gasteiger charge is -2.42. The van der Waals surface area contributed by atoms with Crippen molar-refractivity contribution in [1.29, 1.82) is 0 Å². The van der Waals surface area contributed by atoms with Gasteiger partial charge < -0.3 is 34.8 Å². The standard InChI is InChI=1S/C19H27NO8/c1-3-26-15(23)9-6-12-4-7-13(8-5-12)27-19-16(20-11(2)22)18(25)17(24)14(10-21)28-19/h4-5,7-8,14,16-19,21,24-25H,3,6,9-10H2,1-2H3,(H,20,22)/t14-,16-,17+,18-,19-/m1/s1. The maximum atomic E-state index is 11.4. The molecular formula is C19H27NO8. The smallest absolute Gasteiger partial charge is 0.306 e. The molecule has 0 aliphatic carbocycles. The molecule has 1 fully saturated rings. The summed E-state index contributed by atoms with van der Waals surface area (Å²) >= 11 is 0. The molecule has 0 aromatic heterocycles. The summed E-state index contributed by atoms with van der Waals surface area (Å²) in [5, 5.41) is 32.1. The highest BCUT2D eigenvalue weighted by atomic mass is 16.7. The first-order valence-corrected chi connectivity index (χ1v) is 9.16. The van der Waals surface area contributed by atoms with Crippen molar-refractivity contribution in [2.75, 3.05) is 13.2 Å². The van der Waals surface area contributed by atoms with Gasteiger partial charge in [-0.15, -0.1) is 0 Å². The van der Waals surface area contributed by atoms with E-state index in [0.717, 1.165) is 5.56 Å². The summed E-state index contributed by atoms with van der Waals surface area (Å²) in [7, 11) is 0. The molecule has 5 atom stereocenters. The molecule has 1 aliphatic heterocycles. The molecule has 1 heterocycles. The van der Waals surface area contributed by atoms with Crippen molar-refractivity contribution in [3.8, 4) is 5.75 Å². The van der Waals surface area contributed by atoms with Gasteiger partial charge in [0.1, 0.15) is 30.1 Å². The van der Waals surface area contributed by atoms with Crippen LogP contribution in [-0.2, 0) is 25.5 Å². The number of aliphatic hydroxyl groups excluding tert-OH is 3. The van der Waals surface area contributed by atoms with E-state index in [1.807, 2.05) is 0 Å². The third-order valence-corrected chi connectivity index (χ3v) is 4.35. The van der Waals surface area contributed by atoms with Crippen LogP contribution in [0.5, 0.6) is 5.75 Å². The van der Waals surface area contributed by atoms with Crippen molar-refractivity contribution in [1.82, 2.24) is 5.32 Å². The molecule has 0 spiro atoms. The molecule has 2 rings (SSSR count). The topological polar surface area (TPSA) is 135 Å². The number of hydrogen-bond donors (Lipinski definition) is 4. The van der Waals surface area contributed by atoms with E-state index in [0.29, 0.717) is 18.8 Å². The number of benzene rings is 1. The van der Waals surface area contributed by atoms with Gasteiger partial charge in [0.2, 0.25) is 12.2 Å². The molecule has 28 heavy (non-hydrogen) atoms. The lowest BCUT2D eigenvalue weighted by molar-refractivity contribution is -0.244. The van der Waals surface area contributed by atoms with Gasteiger partial charge in [0.15, 0.2) is 0 Å². The molecule has 9 heteroatoms. The van der Waals surface area contributed by atoms with Gasteiger partial charge in [0.05, 0.1) is 13.2 Å². The number of carbonyl (C=O) groups excluding carboxylic acids is 2. The van der Waals surface area contributed by atoms with Crippen molar-refractivity contribution >= 4 is 11.9 Å². The van der Waals surface area contributed by atoms with Crippen molar-refractivity contribution in [3.63, 3.8) is 0 Å². The Morgan fingerprint density at radius 2 is 1.86 bits per heavy atom. The Kier molecular flexibility index (Phi) is 8.18. The van der Waals surface area contributed by atoms with E-state index in [9.17, 15) is 24.9 Å². The number of nitrogens with one attached hydrogen (secondary N) is 1. The second kappa shape index (κ2) is 10.4. The van der Waals surface area contributed by atoms with Crippen LogP contribution in [0, 0.1) is 0 Å². The van der Waals surface area contributed by atoms with Crippen LogP contribution < -0.4 is 10.1 Å². The molecule has 9 nitrogen and oxygen atoms in total. The number of ether oxygens (including phenoxy) is 3. The molecule has 1 saturated heterocycles. The number of carbonyl (C=O) groups is 2. The van der Waals surface area contributed by atoms with E-state index < -0.39 is 43.2 Å². The molecule has 4 N–H and O–H groups in total. The molecule has 1 aromatic carbocycles. The van der Waals surface area contributed by atoms with Crippen LogP contribution in [-0.4, -0.2) is 71.1 Å². The van der Waals surface area contributed by atoms with E-state index in [2.05, 4.69) is 5.32 Å². The second-order valence-electron chi connectivity index (χ2n) is 6.50. The summed E-state index contributed by atoms with van der Waals surface area (Å²) in [6.07, 6.45) is -4.10. The molecule has 0 unspecified atom stereocenters. The van der Waals surface area contributed by atoms with E-state index in [4.69, 9.17) is 14.2 Å². The first-order chi connectivity index (χ1) is 13.3. The highest BCUT2D eigenvalue weighted by molar-refractivity contribution is 5.73. The van der Waals surface area contributed by atoms with Gasteiger partial charge in [0.25, 0.3) is 0 Å². The summed E-state index contributed by atoms with van der Waals surface area (Å²) in [5.41, 5.74) is 0.909. The lowest BCUT2D eigenvalue weighted by atomic mass is 9.97. The van der Waals surface area contributed by atoms with Gasteiger partial charge in [-0.3, -0.25) is 9.59 Å². The summed E-state index contributed by atoms with van der Waals surface area (Å²) < 4.78 is 16.1. The predicted molar refractivity (Wildman–Crippen MR) is 97.4 cm³/mol. The molecule has 1 amide bonds. The summed E-state index contributed by atoms with van der Waals surface area (Å²) in [5.74, 6) is -0.287. The minimum Gasteiger partial charge on any atom is -0.466 e. The maximum absolute atomic E-state index is 11.4. The fourth-order valence-corrected chi connectivity index (χ4v) is 2.92. The second-order valence-corrected chi connectivity index (χ2v) is 6.50. The van der Waals surface area contributed by atoms with Gasteiger partial charge in [-0.1, -0.05) is 12.1 Å². The lowest BCUT2D eigenvalue weighted by Crippen LogP contribution is -2.65. The van der Waals surface area contributed by atoms with E-state index in [1.165, 1.54) is 6.92 Å². The zero-order chi connectivity index (χ0) is 20.7. The maximum Gasteiger partial charge on any atom is 0.306 e. The average molecular weight is 397 g/mol. The Morgan fingerprint density at radius 3 is 2.43 bits per heavy atom. The largest absolute Gasteiger partial charge is 0.466 e. The fourth-order valence-electron chi connectivity index (χ4n) is 2.92. The Balaban J connectivity index is 2.04. The highest BCUT2D eigenvalue weighted by Crippen LogP contribution is 2.25. The predicted octanol–water partition coefficient (Wildman–Crippen LogP) is -0.495. The number of esters is 1. The van der Waals surface area contributed by atoms with Crippen molar-refractivity contribution in [2.24, 2.45) is 0 Å². The molecule has 0 radical (unpaired) electrons. The molecule has 0 bridgehead atoms. The van der Waals surface area contributed by atoms with Crippen LogP contribution in [0.2, 0.25) is 0 Å². The Hall–Kier alpha value is -2.20. The molecule has 156 valence electrons. The minimum absolute atomic E-state index is 0.265. The molecule has 0 saturated carbocycles. The first kappa shape index (κ1) is 22.1. The number of amides is 1. The van der Waals surface area contributed by atoms with Crippen LogP contribution in [0.4, 0.5) is 0 Å². The minimum atomic E-state index is -1.37. The SMILES string of the molecule is CCOC(=O)CCc1ccc(O[C@@H]2O[C@H](CO)[C@H](O)[C@H](O)[C@H]2NC(C)=O)cc1. The van der Waals surface area contributed by atoms with E-state index in [-0.39, 0.29) is 12.4 Å². The number of aliphatic hydroxyl groups is 3. The van der Waals surface area contributed by atoms with Gasteiger partial charge in [-0.05, 0) is 31.0 Å².